The zero-order valence-electron chi connectivity index (χ0n) is 16.5. The molecule has 0 aliphatic carbocycles. The van der Waals surface area contributed by atoms with E-state index in [9.17, 15) is 14.4 Å². The summed E-state index contributed by atoms with van der Waals surface area (Å²) < 4.78 is 15.8. The Morgan fingerprint density at radius 2 is 1.70 bits per heavy atom. The summed E-state index contributed by atoms with van der Waals surface area (Å²) >= 11 is 0. The lowest BCUT2D eigenvalue weighted by molar-refractivity contribution is -0.124. The third-order valence-corrected chi connectivity index (χ3v) is 4.14. The van der Waals surface area contributed by atoms with Crippen LogP contribution in [0.3, 0.4) is 0 Å². The van der Waals surface area contributed by atoms with Gasteiger partial charge in [-0.3, -0.25) is 9.59 Å². The van der Waals surface area contributed by atoms with E-state index >= 15 is 0 Å². The van der Waals surface area contributed by atoms with Gasteiger partial charge in [0.1, 0.15) is 23.8 Å². The van der Waals surface area contributed by atoms with E-state index in [1.54, 1.807) is 48.5 Å². The van der Waals surface area contributed by atoms with Gasteiger partial charge in [-0.15, -0.1) is 0 Å². The van der Waals surface area contributed by atoms with Crippen LogP contribution in [0.4, 0.5) is 0 Å². The van der Waals surface area contributed by atoms with E-state index in [1.165, 1.54) is 6.07 Å². The van der Waals surface area contributed by atoms with Gasteiger partial charge in [-0.25, -0.2) is 4.79 Å². The largest absolute Gasteiger partial charge is 0.494 e. The minimum absolute atomic E-state index is 0.00895. The van der Waals surface area contributed by atoms with Crippen molar-refractivity contribution >= 4 is 22.6 Å². The smallest absolute Gasteiger partial charge is 0.355 e. The Hall–Kier alpha value is -3.81. The topological polar surface area (TPSA) is 107 Å². The summed E-state index contributed by atoms with van der Waals surface area (Å²) in [6.45, 7) is 2.54. The predicted molar refractivity (Wildman–Crippen MR) is 111 cm³/mol. The average Bonchev–Trinajstić information content (AvgIpc) is 2.76. The first-order valence-corrected chi connectivity index (χ1v) is 9.48. The van der Waals surface area contributed by atoms with Gasteiger partial charge in [-0.2, -0.15) is 0 Å². The predicted octanol–water partition coefficient (Wildman–Crippen LogP) is 2.28. The number of hydrogen-bond acceptors (Lipinski definition) is 6. The summed E-state index contributed by atoms with van der Waals surface area (Å²) in [5, 5.41) is 3.68. The Labute approximate surface area is 172 Å². The summed E-state index contributed by atoms with van der Waals surface area (Å²) in [4.78, 5) is 38.5. The molecule has 3 rings (SSSR count). The minimum atomic E-state index is -0.779. The molecule has 0 fully saturated rings. The van der Waals surface area contributed by atoms with Crippen molar-refractivity contribution in [1.82, 2.24) is 10.3 Å². The normalized spacial score (nSPS) is 10.4. The van der Waals surface area contributed by atoms with Gasteiger partial charge >= 0.3 is 5.97 Å². The first kappa shape index (κ1) is 20.9. The number of rotatable bonds is 9. The van der Waals surface area contributed by atoms with Crippen molar-refractivity contribution in [2.24, 2.45) is 0 Å². The number of aromatic amines is 1. The highest BCUT2D eigenvalue weighted by Crippen LogP contribution is 2.17. The minimum Gasteiger partial charge on any atom is -0.494 e. The highest BCUT2D eigenvalue weighted by atomic mass is 16.5. The number of ether oxygens (including phenoxy) is 3. The molecule has 2 N–H and O–H groups in total. The van der Waals surface area contributed by atoms with Crippen LogP contribution in [0.5, 0.6) is 11.5 Å². The molecule has 0 atom stereocenters. The quantitative estimate of drug-likeness (QED) is 0.414. The standard InChI is InChI=1S/C22H22N2O6/c1-2-28-16-7-9-17(10-8-16)29-12-11-23-20(25)14-30-22(27)19-13-15-5-3-4-6-18(15)21(26)24-19/h3-10,13H,2,11-12,14H2,1H3,(H,23,25)(H,24,26). The van der Waals surface area contributed by atoms with Crippen molar-refractivity contribution in [3.63, 3.8) is 0 Å². The third-order valence-electron chi connectivity index (χ3n) is 4.14. The van der Waals surface area contributed by atoms with Crippen molar-refractivity contribution < 1.29 is 23.8 Å². The summed E-state index contributed by atoms with van der Waals surface area (Å²) in [6, 6.07) is 15.5. The molecule has 1 heterocycles. The zero-order chi connectivity index (χ0) is 21.3. The van der Waals surface area contributed by atoms with Crippen LogP contribution < -0.4 is 20.3 Å². The fourth-order valence-corrected chi connectivity index (χ4v) is 2.74. The Morgan fingerprint density at radius 1 is 1.00 bits per heavy atom. The van der Waals surface area contributed by atoms with E-state index in [-0.39, 0.29) is 18.8 Å². The number of esters is 1. The molecule has 8 heteroatoms. The van der Waals surface area contributed by atoms with Crippen LogP contribution in [0.25, 0.3) is 10.8 Å². The maximum Gasteiger partial charge on any atom is 0.355 e. The highest BCUT2D eigenvalue weighted by Gasteiger charge is 2.13. The Bertz CT molecular complexity index is 1070. The Morgan fingerprint density at radius 3 is 2.43 bits per heavy atom. The molecule has 1 amide bonds. The number of benzene rings is 2. The number of nitrogens with one attached hydrogen (secondary N) is 2. The lowest BCUT2D eigenvalue weighted by Gasteiger charge is -2.09. The Balaban J connectivity index is 1.41. The van der Waals surface area contributed by atoms with Crippen molar-refractivity contribution in [3.05, 3.63) is 70.6 Å². The lowest BCUT2D eigenvalue weighted by atomic mass is 10.1. The van der Waals surface area contributed by atoms with E-state index in [4.69, 9.17) is 14.2 Å². The number of carbonyl (C=O) groups excluding carboxylic acids is 2. The molecule has 0 saturated carbocycles. The molecule has 0 unspecified atom stereocenters. The zero-order valence-corrected chi connectivity index (χ0v) is 16.5. The number of fused-ring (bicyclic) bond motifs is 1. The maximum atomic E-state index is 12.1. The monoisotopic (exact) mass is 410 g/mol. The van der Waals surface area contributed by atoms with Crippen molar-refractivity contribution in [2.75, 3.05) is 26.4 Å². The van der Waals surface area contributed by atoms with Crippen LogP contribution in [-0.2, 0) is 9.53 Å². The van der Waals surface area contributed by atoms with Gasteiger partial charge in [0.2, 0.25) is 0 Å². The average molecular weight is 410 g/mol. The first-order valence-electron chi connectivity index (χ1n) is 9.48. The summed E-state index contributed by atoms with van der Waals surface area (Å²) in [6.07, 6.45) is 0. The second kappa shape index (κ2) is 10.1. The molecule has 0 spiro atoms. The fourth-order valence-electron chi connectivity index (χ4n) is 2.74. The van der Waals surface area contributed by atoms with Crippen LogP contribution in [0.15, 0.2) is 59.4 Å². The van der Waals surface area contributed by atoms with E-state index in [1.807, 2.05) is 6.92 Å². The molecule has 0 radical (unpaired) electrons. The van der Waals surface area contributed by atoms with Gasteiger partial charge in [-0.1, -0.05) is 18.2 Å². The van der Waals surface area contributed by atoms with E-state index in [0.29, 0.717) is 23.1 Å². The van der Waals surface area contributed by atoms with Gasteiger partial charge < -0.3 is 24.5 Å². The molecule has 3 aromatic rings. The molecule has 0 aliphatic rings. The highest BCUT2D eigenvalue weighted by molar-refractivity contribution is 5.94. The second-order valence-corrected chi connectivity index (χ2v) is 6.28. The molecular formula is C22H22N2O6. The molecule has 2 aromatic carbocycles. The third kappa shape index (κ3) is 5.60. The summed E-state index contributed by atoms with van der Waals surface area (Å²) in [7, 11) is 0. The Kier molecular flexibility index (Phi) is 7.05. The van der Waals surface area contributed by atoms with Crippen molar-refractivity contribution in [1.29, 1.82) is 0 Å². The molecule has 0 bridgehead atoms. The molecule has 0 saturated heterocycles. The first-order chi connectivity index (χ1) is 14.6. The van der Waals surface area contributed by atoms with E-state index < -0.39 is 24.0 Å². The molecule has 8 nitrogen and oxygen atoms in total. The van der Waals surface area contributed by atoms with Crippen LogP contribution in [0.1, 0.15) is 17.4 Å². The summed E-state index contributed by atoms with van der Waals surface area (Å²) in [5.41, 5.74) is -0.402. The molecule has 30 heavy (non-hydrogen) atoms. The van der Waals surface area contributed by atoms with Crippen LogP contribution in [0, 0.1) is 0 Å². The van der Waals surface area contributed by atoms with Crippen molar-refractivity contribution in [2.45, 2.75) is 6.92 Å². The summed E-state index contributed by atoms with van der Waals surface area (Å²) in [5.74, 6) is 0.160. The van der Waals surface area contributed by atoms with Crippen LogP contribution in [0.2, 0.25) is 0 Å². The number of carbonyl (C=O) groups is 2. The van der Waals surface area contributed by atoms with Gasteiger partial charge in [0.15, 0.2) is 6.61 Å². The lowest BCUT2D eigenvalue weighted by Crippen LogP contribution is -2.32. The van der Waals surface area contributed by atoms with Crippen LogP contribution >= 0.6 is 0 Å². The molecule has 0 aliphatic heterocycles. The number of amides is 1. The van der Waals surface area contributed by atoms with Gasteiger partial charge in [0.25, 0.3) is 11.5 Å². The van der Waals surface area contributed by atoms with E-state index in [2.05, 4.69) is 10.3 Å². The second-order valence-electron chi connectivity index (χ2n) is 6.28. The molecular weight excluding hydrogens is 388 g/mol. The molecule has 1 aromatic heterocycles. The van der Waals surface area contributed by atoms with Gasteiger partial charge in [-0.05, 0) is 48.7 Å². The number of pyridine rings is 1. The fraction of sp³-hybridized carbons (Fsp3) is 0.227. The van der Waals surface area contributed by atoms with Gasteiger partial charge in [0, 0.05) is 5.39 Å². The maximum absolute atomic E-state index is 12.1. The number of H-pyrrole nitrogens is 1. The number of aromatic nitrogens is 1. The SMILES string of the molecule is CCOc1ccc(OCCNC(=O)COC(=O)c2cc3ccccc3c(=O)[nH]2)cc1. The van der Waals surface area contributed by atoms with Crippen LogP contribution in [-0.4, -0.2) is 43.2 Å². The van der Waals surface area contributed by atoms with Gasteiger partial charge in [0.05, 0.1) is 13.2 Å². The van der Waals surface area contributed by atoms with Crippen molar-refractivity contribution in [3.8, 4) is 11.5 Å². The van der Waals surface area contributed by atoms with E-state index in [0.717, 1.165) is 5.75 Å². The number of hydrogen-bond donors (Lipinski definition) is 2. The molecule has 156 valence electrons.